The third-order valence-electron chi connectivity index (χ3n) is 5.45. The van der Waals surface area contributed by atoms with Crippen LogP contribution in [-0.4, -0.2) is 28.1 Å². The van der Waals surface area contributed by atoms with Gasteiger partial charge < -0.3 is 14.4 Å². The van der Waals surface area contributed by atoms with Gasteiger partial charge in [-0.1, -0.05) is 49.3 Å². The van der Waals surface area contributed by atoms with E-state index in [-0.39, 0.29) is 17.5 Å². The summed E-state index contributed by atoms with van der Waals surface area (Å²) < 4.78 is 10.9. The van der Waals surface area contributed by atoms with Crippen LogP contribution in [0.5, 0.6) is 5.75 Å². The normalized spacial score (nSPS) is 16.2. The Bertz CT molecular complexity index is 1190. The number of rotatable bonds is 7. The van der Waals surface area contributed by atoms with Gasteiger partial charge >= 0.3 is 0 Å². The Balaban J connectivity index is 1.84. The molecule has 0 saturated carbocycles. The van der Waals surface area contributed by atoms with Gasteiger partial charge in [-0.2, -0.15) is 0 Å². The van der Waals surface area contributed by atoms with E-state index in [1.165, 1.54) is 11.2 Å². The molecule has 1 unspecified atom stereocenters. The molecule has 1 aliphatic heterocycles. The number of para-hydroxylation sites is 1. The Hall–Kier alpha value is -3.87. The fraction of sp³-hybridized carbons (Fsp3) is 0.269. The highest BCUT2D eigenvalue weighted by atomic mass is 16.5. The Kier molecular flexibility index (Phi) is 6.05. The van der Waals surface area contributed by atoms with Crippen molar-refractivity contribution < 1.29 is 24.0 Å². The topological polar surface area (TPSA) is 92.9 Å². The van der Waals surface area contributed by atoms with E-state index < -0.39 is 23.6 Å². The number of Topliss-reactive ketones (excluding diaryl/α,β-unsaturated/α-hetero) is 1. The molecule has 1 atom stereocenters. The molecule has 7 nitrogen and oxygen atoms in total. The van der Waals surface area contributed by atoms with Gasteiger partial charge in [0.2, 0.25) is 0 Å². The second kappa shape index (κ2) is 8.94. The molecule has 0 spiro atoms. The van der Waals surface area contributed by atoms with E-state index in [9.17, 15) is 14.7 Å². The maximum absolute atomic E-state index is 13.3. The van der Waals surface area contributed by atoms with Gasteiger partial charge in [0.25, 0.3) is 5.91 Å². The molecular formula is C26H26N2O5. The quantitative estimate of drug-likeness (QED) is 0.533. The van der Waals surface area contributed by atoms with Gasteiger partial charge in [0.15, 0.2) is 11.5 Å². The predicted molar refractivity (Wildman–Crippen MR) is 124 cm³/mol. The third-order valence-corrected chi connectivity index (χ3v) is 5.45. The summed E-state index contributed by atoms with van der Waals surface area (Å²) in [5.74, 6) is -1.29. The first kappa shape index (κ1) is 22.3. The van der Waals surface area contributed by atoms with Gasteiger partial charge in [-0.15, -0.1) is 0 Å². The lowest BCUT2D eigenvalue weighted by Crippen LogP contribution is -2.32. The number of nitrogens with zero attached hydrogens (tertiary/aromatic N) is 2. The molecule has 0 fully saturated rings. The average molecular weight is 447 g/mol. The number of aliphatic hydroxyl groups excluding tert-OH is 1. The van der Waals surface area contributed by atoms with Crippen LogP contribution in [0.1, 0.15) is 39.3 Å². The maximum atomic E-state index is 13.3. The highest BCUT2D eigenvalue weighted by Gasteiger charge is 2.45. The molecule has 1 N–H and O–H groups in total. The molecule has 7 heteroatoms. The number of aliphatic hydroxyl groups is 1. The van der Waals surface area contributed by atoms with Crippen molar-refractivity contribution in [3.05, 3.63) is 77.8 Å². The van der Waals surface area contributed by atoms with Gasteiger partial charge in [0.1, 0.15) is 17.7 Å². The Morgan fingerprint density at radius 3 is 2.36 bits per heavy atom. The molecule has 0 saturated heterocycles. The number of amides is 1. The molecule has 170 valence electrons. The molecule has 1 aromatic heterocycles. The summed E-state index contributed by atoms with van der Waals surface area (Å²) in [6, 6.07) is 15.4. The lowest BCUT2D eigenvalue weighted by molar-refractivity contribution is -0.119. The van der Waals surface area contributed by atoms with Crippen molar-refractivity contribution >= 4 is 17.4 Å². The minimum Gasteiger partial charge on any atom is -0.503 e. The summed E-state index contributed by atoms with van der Waals surface area (Å²) in [5.41, 5.74) is 2.73. The standard InChI is InChI=1S/C26H26N2O5/c1-15(2)24(29)22-23(19-7-5-6-8-21(19)33-16(3)4)28(26(31)25(22)30)18-11-9-17(10-12-18)20-13-14-32-27-20/h5-16,23,30H,1-4H3. The van der Waals surface area contributed by atoms with E-state index in [0.717, 1.165) is 5.56 Å². The Morgan fingerprint density at radius 2 is 1.76 bits per heavy atom. The minimum absolute atomic E-state index is 0.0791. The van der Waals surface area contributed by atoms with E-state index >= 15 is 0 Å². The van der Waals surface area contributed by atoms with Crippen molar-refractivity contribution in [1.29, 1.82) is 0 Å². The summed E-state index contributed by atoms with van der Waals surface area (Å²) in [6.45, 7) is 7.31. The zero-order valence-corrected chi connectivity index (χ0v) is 19.0. The fourth-order valence-corrected chi connectivity index (χ4v) is 3.95. The molecule has 0 bridgehead atoms. The number of ketones is 1. The van der Waals surface area contributed by atoms with Crippen LogP contribution in [0.2, 0.25) is 0 Å². The summed E-state index contributed by atoms with van der Waals surface area (Å²) in [6.07, 6.45) is 1.38. The molecule has 2 heterocycles. The van der Waals surface area contributed by atoms with Crippen molar-refractivity contribution in [2.24, 2.45) is 5.92 Å². The van der Waals surface area contributed by atoms with Crippen LogP contribution >= 0.6 is 0 Å². The van der Waals surface area contributed by atoms with Gasteiger partial charge in [-0.05, 0) is 32.0 Å². The van der Waals surface area contributed by atoms with Crippen molar-refractivity contribution in [3.63, 3.8) is 0 Å². The fourth-order valence-electron chi connectivity index (χ4n) is 3.95. The van der Waals surface area contributed by atoms with Crippen molar-refractivity contribution in [3.8, 4) is 17.0 Å². The maximum Gasteiger partial charge on any atom is 0.294 e. The molecule has 1 aliphatic rings. The second-order valence-corrected chi connectivity index (χ2v) is 8.49. The van der Waals surface area contributed by atoms with E-state index in [0.29, 0.717) is 22.7 Å². The van der Waals surface area contributed by atoms with Gasteiger partial charge in [0.05, 0.1) is 17.7 Å². The number of anilines is 1. The molecule has 4 rings (SSSR count). The predicted octanol–water partition coefficient (Wildman–Crippen LogP) is 5.25. The van der Waals surface area contributed by atoms with Crippen LogP contribution < -0.4 is 9.64 Å². The Labute approximate surface area is 192 Å². The highest BCUT2D eigenvalue weighted by molar-refractivity contribution is 6.17. The van der Waals surface area contributed by atoms with Gasteiger partial charge in [0, 0.05) is 28.8 Å². The number of benzene rings is 2. The molecule has 0 aliphatic carbocycles. The number of aromatic nitrogens is 1. The van der Waals surface area contributed by atoms with Crippen molar-refractivity contribution in [2.75, 3.05) is 4.90 Å². The molecule has 3 aromatic rings. The van der Waals surface area contributed by atoms with Crippen LogP contribution in [0, 0.1) is 5.92 Å². The lowest BCUT2D eigenvalue weighted by atomic mass is 9.90. The summed E-state index contributed by atoms with van der Waals surface area (Å²) in [5, 5.41) is 14.8. The monoisotopic (exact) mass is 446 g/mol. The summed E-state index contributed by atoms with van der Waals surface area (Å²) in [7, 11) is 0. The smallest absolute Gasteiger partial charge is 0.294 e. The number of hydrogen-bond acceptors (Lipinski definition) is 6. The zero-order valence-electron chi connectivity index (χ0n) is 19.0. The second-order valence-electron chi connectivity index (χ2n) is 8.49. The molecular weight excluding hydrogens is 420 g/mol. The molecule has 33 heavy (non-hydrogen) atoms. The zero-order chi connectivity index (χ0) is 23.7. The lowest BCUT2D eigenvalue weighted by Gasteiger charge is -2.29. The van der Waals surface area contributed by atoms with E-state index in [1.807, 2.05) is 44.2 Å². The van der Waals surface area contributed by atoms with E-state index in [1.54, 1.807) is 38.1 Å². The molecule has 1 amide bonds. The van der Waals surface area contributed by atoms with Crippen molar-refractivity contribution in [1.82, 2.24) is 5.16 Å². The average Bonchev–Trinajstić information content (AvgIpc) is 3.41. The molecule has 0 radical (unpaired) electrons. The Morgan fingerprint density at radius 1 is 1.06 bits per heavy atom. The summed E-state index contributed by atoms with van der Waals surface area (Å²) >= 11 is 0. The third kappa shape index (κ3) is 4.14. The summed E-state index contributed by atoms with van der Waals surface area (Å²) in [4.78, 5) is 27.9. The van der Waals surface area contributed by atoms with Gasteiger partial charge in [-0.25, -0.2) is 0 Å². The van der Waals surface area contributed by atoms with Crippen LogP contribution in [-0.2, 0) is 9.59 Å². The van der Waals surface area contributed by atoms with Gasteiger partial charge in [-0.3, -0.25) is 14.5 Å². The molecule has 2 aromatic carbocycles. The first-order chi connectivity index (χ1) is 15.8. The van der Waals surface area contributed by atoms with E-state index in [4.69, 9.17) is 9.26 Å². The first-order valence-electron chi connectivity index (χ1n) is 10.9. The highest BCUT2D eigenvalue weighted by Crippen LogP contribution is 2.45. The number of carbonyl (C=O) groups excluding carboxylic acids is 2. The SMILES string of the molecule is CC(C)Oc1ccccc1C1C(C(=O)C(C)C)=C(O)C(=O)N1c1ccc(-c2ccon2)cc1. The minimum atomic E-state index is -0.819. The number of carbonyl (C=O) groups is 2. The van der Waals surface area contributed by atoms with Crippen LogP contribution in [0.15, 0.2) is 76.7 Å². The first-order valence-corrected chi connectivity index (χ1v) is 10.9. The van der Waals surface area contributed by atoms with Crippen LogP contribution in [0.25, 0.3) is 11.3 Å². The number of hydrogen-bond donors (Lipinski definition) is 1. The largest absolute Gasteiger partial charge is 0.503 e. The van der Waals surface area contributed by atoms with Crippen molar-refractivity contribution in [2.45, 2.75) is 39.8 Å². The van der Waals surface area contributed by atoms with E-state index in [2.05, 4.69) is 5.16 Å². The van der Waals surface area contributed by atoms with Crippen LogP contribution in [0.3, 0.4) is 0 Å². The number of ether oxygens (including phenoxy) is 1. The van der Waals surface area contributed by atoms with Crippen LogP contribution in [0.4, 0.5) is 5.69 Å².